The number of hydrogen-bond donors (Lipinski definition) is 1. The van der Waals surface area contributed by atoms with Gasteiger partial charge in [-0.05, 0) is 24.6 Å². The molecule has 0 fully saturated rings. The van der Waals surface area contributed by atoms with E-state index in [0.717, 1.165) is 6.42 Å². The van der Waals surface area contributed by atoms with E-state index in [1.165, 1.54) is 0 Å². The first kappa shape index (κ1) is 13.0. The van der Waals surface area contributed by atoms with Crippen molar-refractivity contribution in [2.75, 3.05) is 13.2 Å². The van der Waals surface area contributed by atoms with Crippen LogP contribution in [0.25, 0.3) is 0 Å². The summed E-state index contributed by atoms with van der Waals surface area (Å²) in [6.07, 6.45) is 1.30. The van der Waals surface area contributed by atoms with Crippen LogP contribution in [0.2, 0.25) is 5.02 Å². The summed E-state index contributed by atoms with van der Waals surface area (Å²) in [5.41, 5.74) is 0.528. The molecule has 4 heteroatoms. The summed E-state index contributed by atoms with van der Waals surface area (Å²) in [6.45, 7) is 2.12. The number of rotatable bonds is 6. The number of carbonyl (C=O) groups excluding carboxylic acids is 1. The van der Waals surface area contributed by atoms with E-state index in [1.54, 1.807) is 18.2 Å². The van der Waals surface area contributed by atoms with Gasteiger partial charge in [-0.2, -0.15) is 0 Å². The number of aliphatic hydroxyl groups is 1. The van der Waals surface area contributed by atoms with Gasteiger partial charge in [0.15, 0.2) is 5.78 Å². The van der Waals surface area contributed by atoms with Gasteiger partial charge in [0.1, 0.15) is 12.4 Å². The average Bonchev–Trinajstić information content (AvgIpc) is 2.26. The van der Waals surface area contributed by atoms with Crippen molar-refractivity contribution in [1.82, 2.24) is 0 Å². The zero-order chi connectivity index (χ0) is 12.0. The second-order valence-electron chi connectivity index (χ2n) is 3.39. The Morgan fingerprint density at radius 2 is 2.25 bits per heavy atom. The molecule has 0 aliphatic rings. The second kappa shape index (κ2) is 6.51. The molecule has 0 radical (unpaired) electrons. The zero-order valence-corrected chi connectivity index (χ0v) is 9.96. The fraction of sp³-hybridized carbons (Fsp3) is 0.417. The molecule has 0 atom stereocenters. The number of ether oxygens (including phenoxy) is 1. The summed E-state index contributed by atoms with van der Waals surface area (Å²) in [5, 5.41) is 8.99. The Kier molecular flexibility index (Phi) is 5.29. The normalized spacial score (nSPS) is 10.2. The van der Waals surface area contributed by atoms with Crippen molar-refractivity contribution in [3.63, 3.8) is 0 Å². The molecular formula is C12H15ClO3. The van der Waals surface area contributed by atoms with Crippen molar-refractivity contribution in [3.8, 4) is 5.75 Å². The highest BCUT2D eigenvalue weighted by atomic mass is 35.5. The largest absolute Gasteiger partial charge is 0.491 e. The summed E-state index contributed by atoms with van der Waals surface area (Å²) in [5.74, 6) is 0.605. The van der Waals surface area contributed by atoms with Crippen LogP contribution in [0.5, 0.6) is 5.75 Å². The molecule has 0 amide bonds. The number of carbonyl (C=O) groups is 1. The molecule has 0 aliphatic heterocycles. The predicted octanol–water partition coefficient (Wildman–Crippen LogP) is 2.69. The first-order chi connectivity index (χ1) is 7.69. The Morgan fingerprint density at radius 1 is 1.50 bits per heavy atom. The molecule has 1 aromatic rings. The third-order valence-electron chi connectivity index (χ3n) is 2.08. The van der Waals surface area contributed by atoms with Gasteiger partial charge in [-0.1, -0.05) is 18.5 Å². The molecule has 1 aromatic carbocycles. The van der Waals surface area contributed by atoms with Gasteiger partial charge >= 0.3 is 0 Å². The van der Waals surface area contributed by atoms with Gasteiger partial charge in [0, 0.05) is 12.0 Å². The summed E-state index contributed by atoms with van der Waals surface area (Å²) >= 11 is 5.98. The van der Waals surface area contributed by atoms with Crippen molar-refractivity contribution in [2.45, 2.75) is 19.8 Å². The molecule has 0 aromatic heterocycles. The molecule has 88 valence electrons. The van der Waals surface area contributed by atoms with E-state index in [4.69, 9.17) is 21.4 Å². The lowest BCUT2D eigenvalue weighted by Gasteiger charge is -2.07. The van der Waals surface area contributed by atoms with Crippen LogP contribution in [-0.2, 0) is 0 Å². The Bertz CT molecular complexity index is 363. The third-order valence-corrected chi connectivity index (χ3v) is 2.39. The monoisotopic (exact) mass is 242 g/mol. The fourth-order valence-electron chi connectivity index (χ4n) is 1.34. The molecule has 0 saturated heterocycles. The van der Waals surface area contributed by atoms with Gasteiger partial charge in [-0.15, -0.1) is 0 Å². The van der Waals surface area contributed by atoms with E-state index in [0.29, 0.717) is 22.8 Å². The van der Waals surface area contributed by atoms with E-state index in [1.807, 2.05) is 6.92 Å². The molecule has 0 aliphatic carbocycles. The number of Topliss-reactive ketones (excluding diaryl/α,β-unsaturated/α-hetero) is 1. The van der Waals surface area contributed by atoms with Gasteiger partial charge in [0.05, 0.1) is 11.6 Å². The highest BCUT2D eigenvalue weighted by Crippen LogP contribution is 2.23. The number of aliphatic hydroxyl groups excluding tert-OH is 1. The first-order valence-corrected chi connectivity index (χ1v) is 5.63. The standard InChI is InChI=1S/C12H15ClO3/c1-2-3-12(15)10-5-4-9(8-11(10)13)16-7-6-14/h4-5,8,14H,2-3,6-7H2,1H3. The Balaban J connectivity index is 2.78. The zero-order valence-electron chi connectivity index (χ0n) is 9.20. The van der Waals surface area contributed by atoms with Crippen molar-refractivity contribution >= 4 is 17.4 Å². The molecule has 0 spiro atoms. The van der Waals surface area contributed by atoms with Crippen molar-refractivity contribution in [1.29, 1.82) is 0 Å². The highest BCUT2D eigenvalue weighted by molar-refractivity contribution is 6.34. The molecular weight excluding hydrogens is 228 g/mol. The summed E-state index contributed by atoms with van der Waals surface area (Å²) in [4.78, 5) is 11.6. The topological polar surface area (TPSA) is 46.5 Å². The fourth-order valence-corrected chi connectivity index (χ4v) is 1.61. The minimum atomic E-state index is -0.0475. The Hall–Kier alpha value is -1.06. The maximum absolute atomic E-state index is 11.6. The van der Waals surface area contributed by atoms with Crippen LogP contribution in [0.3, 0.4) is 0 Å². The van der Waals surface area contributed by atoms with Gasteiger partial charge in [-0.3, -0.25) is 4.79 Å². The number of benzene rings is 1. The SMILES string of the molecule is CCCC(=O)c1ccc(OCCO)cc1Cl. The molecule has 0 bridgehead atoms. The van der Waals surface area contributed by atoms with Crippen LogP contribution >= 0.6 is 11.6 Å². The minimum absolute atomic E-state index is 0.0428. The number of ketones is 1. The van der Waals surface area contributed by atoms with E-state index in [9.17, 15) is 4.79 Å². The molecule has 0 heterocycles. The molecule has 3 nitrogen and oxygen atoms in total. The second-order valence-corrected chi connectivity index (χ2v) is 3.79. The van der Waals surface area contributed by atoms with Crippen LogP contribution in [0.15, 0.2) is 18.2 Å². The van der Waals surface area contributed by atoms with Crippen LogP contribution in [0.4, 0.5) is 0 Å². The summed E-state index contributed by atoms with van der Waals surface area (Å²) in [7, 11) is 0. The van der Waals surface area contributed by atoms with E-state index < -0.39 is 0 Å². The molecule has 1 rings (SSSR count). The van der Waals surface area contributed by atoms with Gasteiger partial charge < -0.3 is 9.84 Å². The van der Waals surface area contributed by atoms with Crippen LogP contribution in [-0.4, -0.2) is 24.1 Å². The van der Waals surface area contributed by atoms with E-state index in [2.05, 4.69) is 0 Å². The van der Waals surface area contributed by atoms with Crippen LogP contribution < -0.4 is 4.74 Å². The van der Waals surface area contributed by atoms with Gasteiger partial charge in [-0.25, -0.2) is 0 Å². The van der Waals surface area contributed by atoms with Gasteiger partial charge in [0.2, 0.25) is 0 Å². The van der Waals surface area contributed by atoms with E-state index >= 15 is 0 Å². The molecule has 0 saturated carbocycles. The van der Waals surface area contributed by atoms with E-state index in [-0.39, 0.29) is 19.0 Å². The third kappa shape index (κ3) is 3.51. The molecule has 0 unspecified atom stereocenters. The Morgan fingerprint density at radius 3 is 2.81 bits per heavy atom. The predicted molar refractivity (Wildman–Crippen MR) is 63.3 cm³/mol. The molecule has 16 heavy (non-hydrogen) atoms. The lowest BCUT2D eigenvalue weighted by molar-refractivity contribution is 0.0982. The maximum atomic E-state index is 11.6. The summed E-state index contributed by atoms with van der Waals surface area (Å²) in [6, 6.07) is 4.94. The smallest absolute Gasteiger partial charge is 0.164 e. The first-order valence-electron chi connectivity index (χ1n) is 5.25. The maximum Gasteiger partial charge on any atom is 0.164 e. The highest BCUT2D eigenvalue weighted by Gasteiger charge is 2.10. The van der Waals surface area contributed by atoms with Crippen molar-refractivity contribution in [2.24, 2.45) is 0 Å². The number of halogens is 1. The molecule has 1 N–H and O–H groups in total. The lowest BCUT2D eigenvalue weighted by atomic mass is 10.1. The van der Waals surface area contributed by atoms with Crippen LogP contribution in [0.1, 0.15) is 30.1 Å². The number of hydrogen-bond acceptors (Lipinski definition) is 3. The lowest BCUT2D eigenvalue weighted by Crippen LogP contribution is -2.03. The quantitative estimate of drug-likeness (QED) is 0.781. The Labute approximate surface area is 100.0 Å². The summed E-state index contributed by atoms with van der Waals surface area (Å²) < 4.78 is 5.18. The van der Waals surface area contributed by atoms with Gasteiger partial charge in [0.25, 0.3) is 0 Å². The van der Waals surface area contributed by atoms with Crippen LogP contribution in [0, 0.1) is 0 Å². The van der Waals surface area contributed by atoms with Crippen molar-refractivity contribution < 1.29 is 14.6 Å². The minimum Gasteiger partial charge on any atom is -0.491 e. The van der Waals surface area contributed by atoms with Crippen molar-refractivity contribution in [3.05, 3.63) is 28.8 Å². The average molecular weight is 243 g/mol.